The van der Waals surface area contributed by atoms with Crippen LogP contribution in [0.1, 0.15) is 36.8 Å². The van der Waals surface area contributed by atoms with Gasteiger partial charge in [0.05, 0.1) is 0 Å². The zero-order valence-corrected chi connectivity index (χ0v) is 14.2. The summed E-state index contributed by atoms with van der Waals surface area (Å²) in [5.74, 6) is 9.16. The number of piperidine rings is 1. The van der Waals surface area contributed by atoms with Gasteiger partial charge in [0, 0.05) is 43.2 Å². The smallest absolute Gasteiger partial charge is 0.0448 e. The highest BCUT2D eigenvalue weighted by Gasteiger charge is 2.12. The first-order valence-electron chi connectivity index (χ1n) is 8.50. The molecule has 2 aliphatic heterocycles. The van der Waals surface area contributed by atoms with Gasteiger partial charge in [0.2, 0.25) is 0 Å². The number of hydrogen-bond donors (Lipinski definition) is 0. The minimum absolute atomic E-state index is 0.993. The van der Waals surface area contributed by atoms with E-state index >= 15 is 0 Å². The summed E-state index contributed by atoms with van der Waals surface area (Å²) in [5.41, 5.74) is 2.56. The first-order chi connectivity index (χ1) is 10.9. The van der Waals surface area contributed by atoms with Crippen molar-refractivity contribution in [2.75, 3.05) is 37.8 Å². The lowest BCUT2D eigenvalue weighted by atomic mass is 10.1. The molecule has 2 heterocycles. The van der Waals surface area contributed by atoms with E-state index in [0.29, 0.717) is 0 Å². The highest BCUT2D eigenvalue weighted by atomic mass is 32.2. The molecule has 2 aliphatic rings. The van der Waals surface area contributed by atoms with Crippen LogP contribution in [0.25, 0.3) is 0 Å². The van der Waals surface area contributed by atoms with E-state index in [9.17, 15) is 0 Å². The molecule has 22 heavy (non-hydrogen) atoms. The van der Waals surface area contributed by atoms with E-state index in [1.165, 1.54) is 61.7 Å². The number of benzene rings is 1. The number of thioether (sulfide) groups is 1. The molecule has 0 bridgehead atoms. The van der Waals surface area contributed by atoms with E-state index in [1.807, 2.05) is 11.8 Å². The van der Waals surface area contributed by atoms with Crippen molar-refractivity contribution >= 4 is 11.8 Å². The maximum absolute atomic E-state index is 3.36. The Kier molecular flexibility index (Phi) is 6.24. The summed E-state index contributed by atoms with van der Waals surface area (Å²) in [6.45, 7) is 5.96. The lowest BCUT2D eigenvalue weighted by Gasteiger charge is -2.25. The zero-order chi connectivity index (χ0) is 15.0. The summed E-state index contributed by atoms with van der Waals surface area (Å²) in [7, 11) is 0. The maximum atomic E-state index is 3.36. The lowest BCUT2D eigenvalue weighted by molar-refractivity contribution is 0.234. The Hall–Kier alpha value is -0.950. The Balaban J connectivity index is 1.48. The predicted molar refractivity (Wildman–Crippen MR) is 96.0 cm³/mol. The summed E-state index contributed by atoms with van der Waals surface area (Å²) in [5, 5.41) is 0. The van der Waals surface area contributed by atoms with Crippen molar-refractivity contribution in [3.8, 4) is 11.8 Å². The fourth-order valence-electron chi connectivity index (χ4n) is 3.14. The van der Waals surface area contributed by atoms with E-state index in [0.717, 1.165) is 19.5 Å². The molecule has 0 N–H and O–H groups in total. The Bertz CT molecular complexity index is 520. The highest BCUT2D eigenvalue weighted by molar-refractivity contribution is 7.99. The molecular weight excluding hydrogens is 288 g/mol. The van der Waals surface area contributed by atoms with Crippen LogP contribution in [0, 0.1) is 11.8 Å². The van der Waals surface area contributed by atoms with Crippen LogP contribution in [0.15, 0.2) is 24.3 Å². The third kappa shape index (κ3) is 5.05. The zero-order valence-electron chi connectivity index (χ0n) is 13.4. The van der Waals surface area contributed by atoms with Gasteiger partial charge in [-0.1, -0.05) is 30.4 Å². The van der Waals surface area contributed by atoms with Gasteiger partial charge in [-0.25, -0.2) is 0 Å². The van der Waals surface area contributed by atoms with Gasteiger partial charge in [0.25, 0.3) is 0 Å². The molecule has 2 saturated heterocycles. The van der Waals surface area contributed by atoms with Gasteiger partial charge >= 0.3 is 0 Å². The van der Waals surface area contributed by atoms with E-state index in [2.05, 4.69) is 45.9 Å². The molecule has 1 aromatic carbocycles. The van der Waals surface area contributed by atoms with Gasteiger partial charge in [0.15, 0.2) is 0 Å². The van der Waals surface area contributed by atoms with Crippen molar-refractivity contribution in [1.29, 1.82) is 0 Å². The number of hydrogen-bond acceptors (Lipinski definition) is 3. The molecule has 0 amide bonds. The van der Waals surface area contributed by atoms with E-state index in [4.69, 9.17) is 0 Å². The SMILES string of the molecule is C(#Cc1cccc(CN2CCSC2)c1)CCN1CCCCC1. The van der Waals surface area contributed by atoms with Crippen LogP contribution in [0.3, 0.4) is 0 Å². The van der Waals surface area contributed by atoms with Crippen molar-refractivity contribution in [2.45, 2.75) is 32.2 Å². The van der Waals surface area contributed by atoms with Gasteiger partial charge in [-0.3, -0.25) is 4.90 Å². The van der Waals surface area contributed by atoms with Gasteiger partial charge in [-0.15, -0.1) is 11.8 Å². The molecule has 118 valence electrons. The minimum atomic E-state index is 0.993. The fourth-order valence-corrected chi connectivity index (χ4v) is 4.14. The molecule has 1 aromatic rings. The minimum Gasteiger partial charge on any atom is -0.302 e. The average molecular weight is 314 g/mol. The fraction of sp³-hybridized carbons (Fsp3) is 0.579. The molecule has 0 unspecified atom stereocenters. The molecule has 0 saturated carbocycles. The topological polar surface area (TPSA) is 6.48 Å². The maximum Gasteiger partial charge on any atom is 0.0448 e. The molecule has 0 aliphatic carbocycles. The van der Waals surface area contributed by atoms with E-state index in [1.54, 1.807) is 0 Å². The van der Waals surface area contributed by atoms with Crippen molar-refractivity contribution in [3.63, 3.8) is 0 Å². The first-order valence-corrected chi connectivity index (χ1v) is 9.66. The molecule has 0 aromatic heterocycles. The van der Waals surface area contributed by atoms with Crippen LogP contribution in [-0.2, 0) is 6.54 Å². The van der Waals surface area contributed by atoms with Crippen LogP contribution in [-0.4, -0.2) is 47.6 Å². The van der Waals surface area contributed by atoms with Crippen LogP contribution in [0.5, 0.6) is 0 Å². The number of rotatable bonds is 4. The molecule has 3 heteroatoms. The Labute approximate surface area is 139 Å². The molecule has 2 nitrogen and oxygen atoms in total. The second kappa shape index (κ2) is 8.62. The number of likely N-dealkylation sites (tertiary alicyclic amines) is 1. The van der Waals surface area contributed by atoms with Crippen molar-refractivity contribution in [2.24, 2.45) is 0 Å². The Morgan fingerprint density at radius 1 is 1.05 bits per heavy atom. The van der Waals surface area contributed by atoms with Crippen molar-refractivity contribution in [1.82, 2.24) is 9.80 Å². The third-order valence-corrected chi connectivity index (χ3v) is 5.41. The summed E-state index contributed by atoms with van der Waals surface area (Å²) in [6.07, 6.45) is 5.13. The first kappa shape index (κ1) is 15.9. The molecule has 0 spiro atoms. The lowest BCUT2D eigenvalue weighted by Crippen LogP contribution is -2.30. The monoisotopic (exact) mass is 314 g/mol. The largest absolute Gasteiger partial charge is 0.302 e. The number of nitrogens with zero attached hydrogens (tertiary/aromatic N) is 2. The predicted octanol–water partition coefficient (Wildman–Crippen LogP) is 3.42. The second-order valence-electron chi connectivity index (χ2n) is 6.24. The van der Waals surface area contributed by atoms with E-state index in [-0.39, 0.29) is 0 Å². The van der Waals surface area contributed by atoms with Crippen LogP contribution >= 0.6 is 11.8 Å². The average Bonchev–Trinajstić information content (AvgIpc) is 3.06. The summed E-state index contributed by atoms with van der Waals surface area (Å²) >= 11 is 2.03. The molecule has 3 rings (SSSR count). The summed E-state index contributed by atoms with van der Waals surface area (Å²) in [6, 6.07) is 8.77. The van der Waals surface area contributed by atoms with Gasteiger partial charge in [-0.05, 0) is 43.6 Å². The normalized spacial score (nSPS) is 19.8. The summed E-state index contributed by atoms with van der Waals surface area (Å²) in [4.78, 5) is 5.06. The standard InChI is InChI=1S/C19H26N2S/c1-3-10-20(11-4-1)12-5-2-7-18-8-6-9-19(15-18)16-21-13-14-22-17-21/h6,8-9,15H,1,3-5,10-14,16-17H2. The van der Waals surface area contributed by atoms with Crippen molar-refractivity contribution < 1.29 is 0 Å². The van der Waals surface area contributed by atoms with Crippen LogP contribution in [0.4, 0.5) is 0 Å². The molecule has 0 atom stereocenters. The van der Waals surface area contributed by atoms with Gasteiger partial charge in [-0.2, -0.15) is 0 Å². The third-order valence-electron chi connectivity index (χ3n) is 4.39. The van der Waals surface area contributed by atoms with Gasteiger partial charge < -0.3 is 4.90 Å². The van der Waals surface area contributed by atoms with Gasteiger partial charge in [0.1, 0.15) is 0 Å². The second-order valence-corrected chi connectivity index (χ2v) is 7.32. The van der Waals surface area contributed by atoms with Crippen LogP contribution < -0.4 is 0 Å². The molecule has 2 fully saturated rings. The highest BCUT2D eigenvalue weighted by Crippen LogP contribution is 2.17. The van der Waals surface area contributed by atoms with Crippen molar-refractivity contribution in [3.05, 3.63) is 35.4 Å². The van der Waals surface area contributed by atoms with E-state index < -0.39 is 0 Å². The van der Waals surface area contributed by atoms with Crippen LogP contribution in [0.2, 0.25) is 0 Å². The molecule has 0 radical (unpaired) electrons. The summed E-state index contributed by atoms with van der Waals surface area (Å²) < 4.78 is 0. The quantitative estimate of drug-likeness (QED) is 0.786. The molecular formula is C19H26N2S. The Morgan fingerprint density at radius 2 is 1.95 bits per heavy atom. The Morgan fingerprint density at radius 3 is 2.77 bits per heavy atom.